The molecular weight excluding hydrogens is 426 g/mol. The van der Waals surface area contributed by atoms with Crippen molar-refractivity contribution in [2.24, 2.45) is 0 Å². The fraction of sp³-hybridized carbons (Fsp3) is 0.458. The number of piperazine rings is 1. The SMILES string of the molecule is COc1cc(OCC(O)CN2CCN(c3ccccc3NC(C)=O)CC2)cc(OC)c1OC. The minimum atomic E-state index is -0.651. The Morgan fingerprint density at radius 1 is 1.03 bits per heavy atom. The van der Waals surface area contributed by atoms with Crippen molar-refractivity contribution in [1.82, 2.24) is 4.90 Å². The highest BCUT2D eigenvalue weighted by Gasteiger charge is 2.22. The molecule has 9 nitrogen and oxygen atoms in total. The number of hydrogen-bond acceptors (Lipinski definition) is 8. The molecule has 2 aromatic carbocycles. The Labute approximate surface area is 194 Å². The number of nitrogens with one attached hydrogen (secondary N) is 1. The van der Waals surface area contributed by atoms with E-state index in [1.165, 1.54) is 6.92 Å². The van der Waals surface area contributed by atoms with Gasteiger partial charge in [-0.3, -0.25) is 9.69 Å². The number of carbonyl (C=O) groups excluding carboxylic acids is 1. The van der Waals surface area contributed by atoms with E-state index in [0.29, 0.717) is 29.5 Å². The number of methoxy groups -OCH3 is 3. The number of β-amino-alcohol motifs (C(OH)–C–C–N with tert-alkyl or cyclic N) is 1. The van der Waals surface area contributed by atoms with Crippen molar-refractivity contribution >= 4 is 17.3 Å². The molecule has 1 atom stereocenters. The molecule has 33 heavy (non-hydrogen) atoms. The summed E-state index contributed by atoms with van der Waals surface area (Å²) in [5.74, 6) is 1.93. The number of aliphatic hydroxyl groups is 1. The lowest BCUT2D eigenvalue weighted by Gasteiger charge is -2.37. The summed E-state index contributed by atoms with van der Waals surface area (Å²) in [6, 6.07) is 11.2. The van der Waals surface area contributed by atoms with E-state index in [9.17, 15) is 9.90 Å². The molecule has 1 aliphatic rings. The summed E-state index contributed by atoms with van der Waals surface area (Å²) in [4.78, 5) is 16.0. The van der Waals surface area contributed by atoms with Crippen LogP contribution < -0.4 is 29.2 Å². The highest BCUT2D eigenvalue weighted by molar-refractivity contribution is 5.92. The van der Waals surface area contributed by atoms with Crippen LogP contribution in [0.4, 0.5) is 11.4 Å². The van der Waals surface area contributed by atoms with Crippen LogP contribution in [-0.2, 0) is 4.79 Å². The van der Waals surface area contributed by atoms with Crippen molar-refractivity contribution < 1.29 is 28.8 Å². The number of rotatable bonds is 10. The normalized spacial score (nSPS) is 15.0. The maximum atomic E-state index is 11.5. The van der Waals surface area contributed by atoms with Crippen LogP contribution in [0.1, 0.15) is 6.92 Å². The maximum absolute atomic E-state index is 11.5. The zero-order chi connectivity index (χ0) is 23.8. The van der Waals surface area contributed by atoms with E-state index in [-0.39, 0.29) is 12.5 Å². The molecule has 1 saturated heterocycles. The average molecular weight is 460 g/mol. The van der Waals surface area contributed by atoms with Crippen molar-refractivity contribution in [1.29, 1.82) is 0 Å². The lowest BCUT2D eigenvalue weighted by atomic mass is 10.2. The van der Waals surface area contributed by atoms with Gasteiger partial charge in [0.25, 0.3) is 0 Å². The van der Waals surface area contributed by atoms with Gasteiger partial charge in [0.2, 0.25) is 11.7 Å². The Hall–Kier alpha value is -3.17. The molecule has 0 saturated carbocycles. The Balaban J connectivity index is 1.51. The van der Waals surface area contributed by atoms with Crippen LogP contribution in [0.15, 0.2) is 36.4 Å². The molecule has 0 radical (unpaired) electrons. The number of para-hydroxylation sites is 2. The quantitative estimate of drug-likeness (QED) is 0.559. The lowest BCUT2D eigenvalue weighted by Crippen LogP contribution is -2.49. The van der Waals surface area contributed by atoms with Gasteiger partial charge in [-0.25, -0.2) is 0 Å². The van der Waals surface area contributed by atoms with E-state index >= 15 is 0 Å². The number of amides is 1. The van der Waals surface area contributed by atoms with Crippen molar-refractivity contribution in [3.05, 3.63) is 36.4 Å². The maximum Gasteiger partial charge on any atom is 0.221 e. The average Bonchev–Trinajstić information content (AvgIpc) is 2.82. The lowest BCUT2D eigenvalue weighted by molar-refractivity contribution is -0.114. The summed E-state index contributed by atoms with van der Waals surface area (Å²) >= 11 is 0. The topological polar surface area (TPSA) is 92.7 Å². The molecule has 0 aromatic heterocycles. The predicted molar refractivity (Wildman–Crippen MR) is 127 cm³/mol. The molecule has 3 rings (SSSR count). The van der Waals surface area contributed by atoms with Gasteiger partial charge in [-0.2, -0.15) is 0 Å². The highest BCUT2D eigenvalue weighted by atomic mass is 16.5. The summed E-state index contributed by atoms with van der Waals surface area (Å²) in [6.07, 6.45) is -0.651. The van der Waals surface area contributed by atoms with Crippen LogP contribution in [0.5, 0.6) is 23.0 Å². The fourth-order valence-corrected chi connectivity index (χ4v) is 3.90. The number of carbonyl (C=O) groups is 1. The largest absolute Gasteiger partial charge is 0.493 e. The smallest absolute Gasteiger partial charge is 0.221 e. The highest BCUT2D eigenvalue weighted by Crippen LogP contribution is 2.40. The number of ether oxygens (including phenoxy) is 4. The second kappa shape index (κ2) is 11.6. The van der Waals surface area contributed by atoms with Gasteiger partial charge in [-0.05, 0) is 12.1 Å². The Bertz CT molecular complexity index is 905. The number of nitrogens with zero attached hydrogens (tertiary/aromatic N) is 2. The van der Waals surface area contributed by atoms with Gasteiger partial charge in [0.1, 0.15) is 18.5 Å². The first-order valence-electron chi connectivity index (χ1n) is 10.9. The molecule has 0 aliphatic carbocycles. The fourth-order valence-electron chi connectivity index (χ4n) is 3.90. The van der Waals surface area contributed by atoms with Crippen LogP contribution in [-0.4, -0.2) is 82.7 Å². The third-order valence-corrected chi connectivity index (χ3v) is 5.48. The Morgan fingerprint density at radius 3 is 2.24 bits per heavy atom. The summed E-state index contributed by atoms with van der Waals surface area (Å²) < 4.78 is 21.8. The third kappa shape index (κ3) is 6.43. The molecule has 2 N–H and O–H groups in total. The zero-order valence-electron chi connectivity index (χ0n) is 19.7. The van der Waals surface area contributed by atoms with E-state index < -0.39 is 6.10 Å². The molecular formula is C24H33N3O6. The van der Waals surface area contributed by atoms with E-state index in [0.717, 1.165) is 37.6 Å². The standard InChI is InChI=1S/C24H33N3O6/c1-17(28)25-20-7-5-6-8-21(20)27-11-9-26(10-12-27)15-18(29)16-33-19-13-22(30-2)24(32-4)23(14-19)31-3/h5-8,13-14,18,29H,9-12,15-16H2,1-4H3,(H,25,28). The van der Waals surface area contributed by atoms with Crippen molar-refractivity contribution in [2.45, 2.75) is 13.0 Å². The first-order valence-corrected chi connectivity index (χ1v) is 10.9. The van der Waals surface area contributed by atoms with Gasteiger partial charge in [0.15, 0.2) is 11.5 Å². The number of benzene rings is 2. The van der Waals surface area contributed by atoms with Crippen LogP contribution in [0.25, 0.3) is 0 Å². The first kappa shape index (κ1) is 24.5. The minimum absolute atomic E-state index is 0.0868. The number of hydrogen-bond donors (Lipinski definition) is 2. The van der Waals surface area contributed by atoms with Gasteiger partial charge >= 0.3 is 0 Å². The van der Waals surface area contributed by atoms with E-state index in [4.69, 9.17) is 18.9 Å². The monoisotopic (exact) mass is 459 g/mol. The van der Waals surface area contributed by atoms with E-state index in [1.54, 1.807) is 33.5 Å². The summed E-state index contributed by atoms with van der Waals surface area (Å²) in [5.41, 5.74) is 1.83. The molecule has 1 amide bonds. The zero-order valence-corrected chi connectivity index (χ0v) is 19.7. The summed E-state index contributed by atoms with van der Waals surface area (Å²) in [6.45, 7) is 5.37. The molecule has 1 heterocycles. The first-order chi connectivity index (χ1) is 15.9. The molecule has 1 unspecified atom stereocenters. The van der Waals surface area contributed by atoms with Crippen LogP contribution in [0, 0.1) is 0 Å². The Kier molecular flexibility index (Phi) is 8.62. The van der Waals surface area contributed by atoms with Crippen LogP contribution >= 0.6 is 0 Å². The van der Waals surface area contributed by atoms with Gasteiger partial charge < -0.3 is 34.3 Å². The molecule has 180 valence electrons. The molecule has 9 heteroatoms. The van der Waals surface area contributed by atoms with Crippen molar-refractivity contribution in [3.63, 3.8) is 0 Å². The van der Waals surface area contributed by atoms with Gasteiger partial charge in [0, 0.05) is 51.8 Å². The molecule has 1 aliphatic heterocycles. The van der Waals surface area contributed by atoms with Gasteiger partial charge in [0.05, 0.1) is 32.7 Å². The Morgan fingerprint density at radius 2 is 1.67 bits per heavy atom. The molecule has 2 aromatic rings. The number of anilines is 2. The van der Waals surface area contributed by atoms with Gasteiger partial charge in [-0.15, -0.1) is 0 Å². The van der Waals surface area contributed by atoms with Crippen LogP contribution in [0.2, 0.25) is 0 Å². The van der Waals surface area contributed by atoms with E-state index in [1.807, 2.05) is 24.3 Å². The minimum Gasteiger partial charge on any atom is -0.493 e. The van der Waals surface area contributed by atoms with E-state index in [2.05, 4.69) is 15.1 Å². The predicted octanol–water partition coefficient (Wildman–Crippen LogP) is 2.23. The van der Waals surface area contributed by atoms with Crippen molar-refractivity contribution in [2.75, 3.05) is 70.9 Å². The van der Waals surface area contributed by atoms with Crippen LogP contribution in [0.3, 0.4) is 0 Å². The molecule has 1 fully saturated rings. The van der Waals surface area contributed by atoms with Gasteiger partial charge in [-0.1, -0.05) is 12.1 Å². The molecule has 0 spiro atoms. The number of aliphatic hydroxyl groups excluding tert-OH is 1. The second-order valence-corrected chi connectivity index (χ2v) is 7.81. The molecule has 0 bridgehead atoms. The van der Waals surface area contributed by atoms with Crippen molar-refractivity contribution in [3.8, 4) is 23.0 Å². The summed E-state index contributed by atoms with van der Waals surface area (Å²) in [5, 5.41) is 13.4. The summed E-state index contributed by atoms with van der Waals surface area (Å²) in [7, 11) is 4.64. The third-order valence-electron chi connectivity index (χ3n) is 5.48. The second-order valence-electron chi connectivity index (χ2n) is 7.81.